The minimum atomic E-state index is -0.193. The van der Waals surface area contributed by atoms with Gasteiger partial charge in [0.25, 0.3) is 0 Å². The van der Waals surface area contributed by atoms with Crippen molar-refractivity contribution in [3.05, 3.63) is 56.0 Å². The van der Waals surface area contributed by atoms with Crippen LogP contribution in [0.1, 0.15) is 24.6 Å². The second kappa shape index (κ2) is 7.60. The van der Waals surface area contributed by atoms with E-state index >= 15 is 0 Å². The molecule has 0 unspecified atom stereocenters. The van der Waals surface area contributed by atoms with Crippen LogP contribution in [-0.2, 0) is 0 Å². The molecule has 0 radical (unpaired) electrons. The molecule has 9 heteroatoms. The fraction of sp³-hybridized carbons (Fsp3) is 0.316. The maximum atomic E-state index is 12.5. The van der Waals surface area contributed by atoms with Crippen molar-refractivity contribution in [1.82, 2.24) is 19.4 Å². The van der Waals surface area contributed by atoms with E-state index in [1.807, 2.05) is 18.2 Å². The summed E-state index contributed by atoms with van der Waals surface area (Å²) in [7, 11) is 0. The number of fused-ring (bicyclic) bond motifs is 1. The molecule has 2 amide bonds. The minimum absolute atomic E-state index is 0.0514. The van der Waals surface area contributed by atoms with Crippen molar-refractivity contribution in [1.29, 1.82) is 0 Å². The van der Waals surface area contributed by atoms with Crippen molar-refractivity contribution in [2.75, 3.05) is 18.4 Å². The highest BCUT2D eigenvalue weighted by molar-refractivity contribution is 9.10. The van der Waals surface area contributed by atoms with Gasteiger partial charge in [-0.2, -0.15) is 0 Å². The number of pyridine rings is 1. The Morgan fingerprint density at radius 3 is 2.75 bits per heavy atom. The number of carbonyl (C=O) groups excluding carboxylic acids is 1. The summed E-state index contributed by atoms with van der Waals surface area (Å²) < 4.78 is 2.67. The molecule has 3 heterocycles. The molecule has 2 aromatic heterocycles. The Labute approximate surface area is 174 Å². The van der Waals surface area contributed by atoms with E-state index in [1.165, 1.54) is 0 Å². The van der Waals surface area contributed by atoms with E-state index in [0.717, 1.165) is 15.5 Å². The smallest absolute Gasteiger partial charge is 0.324 e. The van der Waals surface area contributed by atoms with E-state index in [-0.39, 0.29) is 17.8 Å². The van der Waals surface area contributed by atoms with Gasteiger partial charge in [-0.15, -0.1) is 0 Å². The van der Waals surface area contributed by atoms with Crippen molar-refractivity contribution in [3.8, 4) is 0 Å². The van der Waals surface area contributed by atoms with Gasteiger partial charge in [-0.1, -0.05) is 17.7 Å². The van der Waals surface area contributed by atoms with E-state index in [4.69, 9.17) is 11.6 Å². The number of para-hydroxylation sites is 1. The highest BCUT2D eigenvalue weighted by Crippen LogP contribution is 2.28. The predicted molar refractivity (Wildman–Crippen MR) is 113 cm³/mol. The van der Waals surface area contributed by atoms with E-state index in [1.54, 1.807) is 28.5 Å². The largest absolute Gasteiger partial charge is 0.326 e. The fourth-order valence-corrected chi connectivity index (χ4v) is 4.17. The lowest BCUT2D eigenvalue weighted by atomic mass is 10.0. The normalized spacial score (nSPS) is 15.2. The number of aromatic nitrogens is 3. The average molecular weight is 465 g/mol. The summed E-state index contributed by atoms with van der Waals surface area (Å²) in [5, 5.41) is 3.38. The number of hydrogen-bond acceptors (Lipinski definition) is 3. The number of amides is 2. The van der Waals surface area contributed by atoms with Crippen molar-refractivity contribution in [2.45, 2.75) is 25.8 Å². The third-order valence-corrected chi connectivity index (χ3v) is 6.14. The van der Waals surface area contributed by atoms with Crippen LogP contribution >= 0.6 is 27.5 Å². The van der Waals surface area contributed by atoms with Gasteiger partial charge in [-0.3, -0.25) is 9.88 Å². The SMILES string of the molecule is Cc1nc(NC(=O)N2CCC(n3c(=O)[nH]c4c(Br)cccc43)CC2)ccc1Cl. The van der Waals surface area contributed by atoms with Gasteiger partial charge in [0, 0.05) is 23.6 Å². The van der Waals surface area contributed by atoms with Crippen LogP contribution in [0.15, 0.2) is 39.6 Å². The third-order valence-electron chi connectivity index (χ3n) is 5.08. The first-order valence-corrected chi connectivity index (χ1v) is 10.2. The van der Waals surface area contributed by atoms with Crippen molar-refractivity contribution in [3.63, 3.8) is 0 Å². The maximum Gasteiger partial charge on any atom is 0.326 e. The number of urea groups is 1. The van der Waals surface area contributed by atoms with Gasteiger partial charge in [0.1, 0.15) is 5.82 Å². The minimum Gasteiger partial charge on any atom is -0.324 e. The molecular formula is C19H19BrClN5O2. The molecule has 0 saturated carbocycles. The van der Waals surface area contributed by atoms with Crippen LogP contribution in [0.4, 0.5) is 10.6 Å². The van der Waals surface area contributed by atoms with Gasteiger partial charge in [-0.05, 0) is 60.0 Å². The summed E-state index contributed by atoms with van der Waals surface area (Å²) >= 11 is 9.45. The van der Waals surface area contributed by atoms with Crippen molar-refractivity contribution >= 4 is 50.4 Å². The summed E-state index contributed by atoms with van der Waals surface area (Å²) in [5.41, 5.74) is 2.23. The van der Waals surface area contributed by atoms with Gasteiger partial charge in [0.2, 0.25) is 0 Å². The highest BCUT2D eigenvalue weighted by Gasteiger charge is 2.26. The number of H-pyrrole nitrogens is 1. The van der Waals surface area contributed by atoms with Gasteiger partial charge < -0.3 is 9.88 Å². The second-order valence-electron chi connectivity index (χ2n) is 6.85. The van der Waals surface area contributed by atoms with Gasteiger partial charge in [0.05, 0.1) is 21.7 Å². The molecule has 4 rings (SSSR count). The number of benzene rings is 1. The Hall–Kier alpha value is -2.32. The number of imidazole rings is 1. The number of anilines is 1. The van der Waals surface area contributed by atoms with Crippen LogP contribution in [0.2, 0.25) is 5.02 Å². The van der Waals surface area contributed by atoms with Crippen LogP contribution in [-0.4, -0.2) is 38.6 Å². The van der Waals surface area contributed by atoms with Gasteiger partial charge >= 0.3 is 11.7 Å². The molecule has 1 fully saturated rings. The molecule has 2 N–H and O–H groups in total. The van der Waals surface area contributed by atoms with E-state index < -0.39 is 0 Å². The molecule has 0 atom stereocenters. The first-order valence-electron chi connectivity index (χ1n) is 9.02. The highest BCUT2D eigenvalue weighted by atomic mass is 79.9. The number of carbonyl (C=O) groups is 1. The first kappa shape index (κ1) is 19.0. The average Bonchev–Trinajstić information content (AvgIpc) is 3.02. The lowest BCUT2D eigenvalue weighted by Crippen LogP contribution is -2.42. The van der Waals surface area contributed by atoms with Crippen LogP contribution in [0.25, 0.3) is 11.0 Å². The number of nitrogens with zero attached hydrogens (tertiary/aromatic N) is 3. The molecule has 146 valence electrons. The quantitative estimate of drug-likeness (QED) is 0.592. The number of rotatable bonds is 2. The number of hydrogen-bond donors (Lipinski definition) is 2. The van der Waals surface area contributed by atoms with E-state index in [9.17, 15) is 9.59 Å². The Bertz CT molecular complexity index is 1100. The van der Waals surface area contributed by atoms with Crippen LogP contribution in [0.5, 0.6) is 0 Å². The number of aromatic amines is 1. The number of nitrogens with one attached hydrogen (secondary N) is 2. The van der Waals surface area contributed by atoms with Crippen LogP contribution < -0.4 is 11.0 Å². The molecule has 28 heavy (non-hydrogen) atoms. The monoisotopic (exact) mass is 463 g/mol. The molecule has 0 spiro atoms. The predicted octanol–water partition coefficient (Wildman–Crippen LogP) is 4.32. The molecule has 0 bridgehead atoms. The summed E-state index contributed by atoms with van der Waals surface area (Å²) in [5.74, 6) is 0.478. The fourth-order valence-electron chi connectivity index (χ4n) is 3.61. The molecule has 1 aliphatic heterocycles. The zero-order valence-corrected chi connectivity index (χ0v) is 17.5. The van der Waals surface area contributed by atoms with Crippen molar-refractivity contribution in [2.24, 2.45) is 0 Å². The zero-order valence-electron chi connectivity index (χ0n) is 15.2. The summed E-state index contributed by atoms with van der Waals surface area (Å²) in [6.45, 7) is 2.92. The third kappa shape index (κ3) is 3.54. The standard InChI is InChI=1S/C19H19BrClN5O2/c1-11-14(21)5-6-16(22-11)23-18(27)25-9-7-12(8-10-25)26-15-4-2-3-13(20)17(15)24-19(26)28/h2-6,12H,7-10H2,1H3,(H,24,28)(H,22,23,27). The molecule has 1 saturated heterocycles. The number of aryl methyl sites for hydroxylation is 1. The lowest BCUT2D eigenvalue weighted by molar-refractivity contribution is 0.184. The molecular weight excluding hydrogens is 446 g/mol. The molecule has 7 nitrogen and oxygen atoms in total. The Kier molecular flexibility index (Phi) is 5.16. The van der Waals surface area contributed by atoms with Crippen molar-refractivity contribution < 1.29 is 4.79 Å². The Morgan fingerprint density at radius 2 is 2.04 bits per heavy atom. The lowest BCUT2D eigenvalue weighted by Gasteiger charge is -2.32. The van der Waals surface area contributed by atoms with Gasteiger partial charge in [0.15, 0.2) is 0 Å². The first-order chi connectivity index (χ1) is 13.4. The maximum absolute atomic E-state index is 12.5. The van der Waals surface area contributed by atoms with Crippen LogP contribution in [0, 0.1) is 6.92 Å². The number of piperidine rings is 1. The summed E-state index contributed by atoms with van der Waals surface area (Å²) in [4.78, 5) is 34.0. The van der Waals surface area contributed by atoms with Crippen LogP contribution in [0.3, 0.4) is 0 Å². The number of halogens is 2. The van der Waals surface area contributed by atoms with Gasteiger partial charge in [-0.25, -0.2) is 14.6 Å². The summed E-state index contributed by atoms with van der Waals surface area (Å²) in [6.07, 6.45) is 1.42. The number of likely N-dealkylation sites (tertiary alicyclic amines) is 1. The molecule has 0 aliphatic carbocycles. The molecule has 1 aliphatic rings. The molecule has 3 aromatic rings. The zero-order chi connectivity index (χ0) is 19.8. The Balaban J connectivity index is 1.45. The van der Waals surface area contributed by atoms with E-state index in [2.05, 4.69) is 31.2 Å². The molecule has 1 aromatic carbocycles. The summed E-state index contributed by atoms with van der Waals surface area (Å²) in [6, 6.07) is 9.02. The topological polar surface area (TPSA) is 83.0 Å². The Morgan fingerprint density at radius 1 is 1.29 bits per heavy atom. The van der Waals surface area contributed by atoms with E-state index in [0.29, 0.717) is 42.5 Å². The second-order valence-corrected chi connectivity index (χ2v) is 8.11.